The van der Waals surface area contributed by atoms with Crippen molar-refractivity contribution in [2.24, 2.45) is 0 Å². The van der Waals surface area contributed by atoms with Crippen LogP contribution in [-0.4, -0.2) is 49.0 Å². The van der Waals surface area contributed by atoms with Crippen molar-refractivity contribution in [1.29, 1.82) is 0 Å². The summed E-state index contributed by atoms with van der Waals surface area (Å²) in [6, 6.07) is 11.4. The van der Waals surface area contributed by atoms with Crippen LogP contribution >= 0.6 is 0 Å². The molecule has 0 bridgehead atoms. The third-order valence-electron chi connectivity index (χ3n) is 5.12. The van der Waals surface area contributed by atoms with Crippen molar-refractivity contribution < 1.29 is 18.3 Å². The maximum atomic E-state index is 13.7. The molecule has 0 spiro atoms. The van der Waals surface area contributed by atoms with Crippen LogP contribution < -0.4 is 4.74 Å². The SMILES string of the molecule is COc1ccc(CN2CCCN(C(=O)CCc3cc(F)ccc3F)CC2)cc1. The van der Waals surface area contributed by atoms with Crippen molar-refractivity contribution in [1.82, 2.24) is 9.80 Å². The molecular formula is C22H26F2N2O2. The quantitative estimate of drug-likeness (QED) is 0.758. The normalized spacial score (nSPS) is 15.3. The van der Waals surface area contributed by atoms with Gasteiger partial charge in [0.2, 0.25) is 5.91 Å². The molecule has 28 heavy (non-hydrogen) atoms. The van der Waals surface area contributed by atoms with Gasteiger partial charge in [0.25, 0.3) is 0 Å². The molecule has 0 aromatic heterocycles. The van der Waals surface area contributed by atoms with E-state index in [0.717, 1.165) is 43.9 Å². The van der Waals surface area contributed by atoms with Crippen LogP contribution in [0.1, 0.15) is 24.0 Å². The lowest BCUT2D eigenvalue weighted by molar-refractivity contribution is -0.131. The zero-order chi connectivity index (χ0) is 19.9. The molecule has 150 valence electrons. The highest BCUT2D eigenvalue weighted by molar-refractivity contribution is 5.76. The molecule has 0 unspecified atom stereocenters. The third-order valence-corrected chi connectivity index (χ3v) is 5.12. The van der Waals surface area contributed by atoms with Gasteiger partial charge in [0.1, 0.15) is 17.4 Å². The van der Waals surface area contributed by atoms with E-state index in [-0.39, 0.29) is 24.3 Å². The fraction of sp³-hybridized carbons (Fsp3) is 0.409. The Balaban J connectivity index is 1.49. The van der Waals surface area contributed by atoms with E-state index in [0.29, 0.717) is 13.1 Å². The predicted molar refractivity (Wildman–Crippen MR) is 104 cm³/mol. The van der Waals surface area contributed by atoms with Crippen LogP contribution in [0.15, 0.2) is 42.5 Å². The van der Waals surface area contributed by atoms with Gasteiger partial charge in [0.15, 0.2) is 0 Å². The number of amides is 1. The van der Waals surface area contributed by atoms with Gasteiger partial charge in [-0.3, -0.25) is 9.69 Å². The van der Waals surface area contributed by atoms with Crippen LogP contribution in [-0.2, 0) is 17.8 Å². The first-order valence-corrected chi connectivity index (χ1v) is 9.62. The summed E-state index contributed by atoms with van der Waals surface area (Å²) in [6.45, 7) is 3.91. The summed E-state index contributed by atoms with van der Waals surface area (Å²) in [5.41, 5.74) is 1.46. The summed E-state index contributed by atoms with van der Waals surface area (Å²) in [6.07, 6.45) is 1.31. The molecule has 1 heterocycles. The number of halogens is 2. The minimum Gasteiger partial charge on any atom is -0.497 e. The summed E-state index contributed by atoms with van der Waals surface area (Å²) < 4.78 is 32.2. The first-order valence-electron chi connectivity index (χ1n) is 9.62. The summed E-state index contributed by atoms with van der Waals surface area (Å²) in [5.74, 6) is -0.107. The molecule has 1 saturated heterocycles. The second kappa shape index (κ2) is 9.64. The van der Waals surface area contributed by atoms with E-state index in [4.69, 9.17) is 4.74 Å². The number of carbonyl (C=O) groups is 1. The standard InChI is InChI=1S/C22H26F2N2O2/c1-28-20-7-3-17(4-8-20)16-25-11-2-12-26(14-13-25)22(27)10-5-18-15-19(23)6-9-21(18)24/h3-4,6-9,15H,2,5,10-14,16H2,1H3. The van der Waals surface area contributed by atoms with Gasteiger partial charge in [-0.05, 0) is 54.3 Å². The lowest BCUT2D eigenvalue weighted by Crippen LogP contribution is -2.35. The van der Waals surface area contributed by atoms with E-state index in [1.54, 1.807) is 7.11 Å². The minimum atomic E-state index is -0.479. The lowest BCUT2D eigenvalue weighted by atomic mass is 10.1. The monoisotopic (exact) mass is 388 g/mol. The third kappa shape index (κ3) is 5.52. The van der Waals surface area contributed by atoms with Crippen molar-refractivity contribution in [3.05, 3.63) is 65.2 Å². The molecule has 2 aromatic carbocycles. The Kier molecular flexibility index (Phi) is 6.98. The van der Waals surface area contributed by atoms with Crippen molar-refractivity contribution in [2.75, 3.05) is 33.3 Å². The maximum absolute atomic E-state index is 13.7. The molecule has 0 aliphatic carbocycles. The zero-order valence-electron chi connectivity index (χ0n) is 16.2. The largest absolute Gasteiger partial charge is 0.497 e. The van der Waals surface area contributed by atoms with E-state index >= 15 is 0 Å². The van der Waals surface area contributed by atoms with Crippen LogP contribution in [0.4, 0.5) is 8.78 Å². The van der Waals surface area contributed by atoms with Gasteiger partial charge in [-0.1, -0.05) is 12.1 Å². The number of nitrogens with zero attached hydrogens (tertiary/aromatic N) is 2. The van der Waals surface area contributed by atoms with E-state index in [9.17, 15) is 13.6 Å². The first kappa shape index (κ1) is 20.3. The molecule has 0 saturated carbocycles. The molecule has 4 nitrogen and oxygen atoms in total. The van der Waals surface area contributed by atoms with E-state index in [1.165, 1.54) is 11.6 Å². The highest BCUT2D eigenvalue weighted by Crippen LogP contribution is 2.16. The number of ether oxygens (including phenoxy) is 1. The second-order valence-electron chi connectivity index (χ2n) is 7.09. The summed E-state index contributed by atoms with van der Waals surface area (Å²) >= 11 is 0. The Labute approximate surface area is 164 Å². The highest BCUT2D eigenvalue weighted by atomic mass is 19.1. The molecule has 2 aromatic rings. The summed E-state index contributed by atoms with van der Waals surface area (Å²) in [4.78, 5) is 16.7. The summed E-state index contributed by atoms with van der Waals surface area (Å²) in [5, 5.41) is 0. The van der Waals surface area contributed by atoms with Gasteiger partial charge >= 0.3 is 0 Å². The first-order chi connectivity index (χ1) is 13.5. The molecule has 1 fully saturated rings. The molecule has 0 N–H and O–H groups in total. The zero-order valence-corrected chi connectivity index (χ0v) is 16.2. The molecule has 1 aliphatic rings. The van der Waals surface area contributed by atoms with Gasteiger partial charge in [-0.2, -0.15) is 0 Å². The van der Waals surface area contributed by atoms with Crippen LogP contribution in [0.5, 0.6) is 5.75 Å². The number of hydrogen-bond donors (Lipinski definition) is 0. The van der Waals surface area contributed by atoms with Crippen molar-refractivity contribution >= 4 is 5.91 Å². The van der Waals surface area contributed by atoms with Gasteiger partial charge in [0.05, 0.1) is 7.11 Å². The molecule has 6 heteroatoms. The number of aryl methyl sites for hydroxylation is 1. The van der Waals surface area contributed by atoms with Gasteiger partial charge in [0, 0.05) is 39.1 Å². The minimum absolute atomic E-state index is 0.00467. The number of benzene rings is 2. The van der Waals surface area contributed by atoms with Crippen LogP contribution in [0.25, 0.3) is 0 Å². The average molecular weight is 388 g/mol. The fourth-order valence-electron chi connectivity index (χ4n) is 3.50. The molecule has 1 aliphatic heterocycles. The maximum Gasteiger partial charge on any atom is 0.222 e. The van der Waals surface area contributed by atoms with Crippen LogP contribution in [0, 0.1) is 11.6 Å². The van der Waals surface area contributed by atoms with Gasteiger partial charge < -0.3 is 9.64 Å². The Morgan fingerprint density at radius 3 is 2.57 bits per heavy atom. The van der Waals surface area contributed by atoms with Gasteiger partial charge in [-0.25, -0.2) is 8.78 Å². The van der Waals surface area contributed by atoms with Gasteiger partial charge in [-0.15, -0.1) is 0 Å². The number of methoxy groups -OCH3 is 1. The van der Waals surface area contributed by atoms with E-state index < -0.39 is 11.6 Å². The van der Waals surface area contributed by atoms with Crippen molar-refractivity contribution in [3.63, 3.8) is 0 Å². The molecular weight excluding hydrogens is 362 g/mol. The average Bonchev–Trinajstić information content (AvgIpc) is 2.94. The molecule has 0 radical (unpaired) electrons. The van der Waals surface area contributed by atoms with Crippen LogP contribution in [0.2, 0.25) is 0 Å². The predicted octanol–water partition coefficient (Wildman–Crippen LogP) is 3.64. The topological polar surface area (TPSA) is 32.8 Å². The Morgan fingerprint density at radius 2 is 1.82 bits per heavy atom. The fourth-order valence-corrected chi connectivity index (χ4v) is 3.50. The number of carbonyl (C=O) groups excluding carboxylic acids is 1. The number of hydrogen-bond acceptors (Lipinski definition) is 3. The Bertz CT molecular complexity index is 796. The van der Waals surface area contributed by atoms with E-state index in [1.807, 2.05) is 17.0 Å². The Hall–Kier alpha value is -2.47. The molecule has 3 rings (SSSR count). The van der Waals surface area contributed by atoms with Crippen LogP contribution in [0.3, 0.4) is 0 Å². The molecule has 0 atom stereocenters. The van der Waals surface area contributed by atoms with Crippen molar-refractivity contribution in [2.45, 2.75) is 25.8 Å². The smallest absolute Gasteiger partial charge is 0.222 e. The highest BCUT2D eigenvalue weighted by Gasteiger charge is 2.19. The number of rotatable bonds is 6. The van der Waals surface area contributed by atoms with Crippen molar-refractivity contribution in [3.8, 4) is 5.75 Å². The Morgan fingerprint density at radius 1 is 1.04 bits per heavy atom. The lowest BCUT2D eigenvalue weighted by Gasteiger charge is -2.22. The molecule has 1 amide bonds. The van der Waals surface area contributed by atoms with E-state index in [2.05, 4.69) is 17.0 Å². The second-order valence-corrected chi connectivity index (χ2v) is 7.09. The summed E-state index contributed by atoms with van der Waals surface area (Å²) in [7, 11) is 1.65.